The maximum Gasteiger partial charge on any atom is 0.223 e. The molecule has 4 heterocycles. The molecule has 1 aromatic carbocycles. The summed E-state index contributed by atoms with van der Waals surface area (Å²) in [5.41, 5.74) is 4.34. The number of hydrogen-bond donors (Lipinski definition) is 0. The second-order valence-corrected chi connectivity index (χ2v) is 10.5. The van der Waals surface area contributed by atoms with Crippen molar-refractivity contribution < 1.29 is 9.59 Å². The van der Waals surface area contributed by atoms with Crippen molar-refractivity contribution in [2.24, 2.45) is 0 Å². The molecule has 3 aromatic rings. The highest BCUT2D eigenvalue weighted by Gasteiger charge is 2.36. The van der Waals surface area contributed by atoms with Gasteiger partial charge in [0.05, 0.1) is 0 Å². The van der Waals surface area contributed by atoms with Crippen molar-refractivity contribution in [3.63, 3.8) is 0 Å². The molecule has 198 valence electrons. The van der Waals surface area contributed by atoms with Crippen LogP contribution < -0.4 is 4.90 Å². The van der Waals surface area contributed by atoms with Crippen LogP contribution in [0.3, 0.4) is 0 Å². The smallest absolute Gasteiger partial charge is 0.223 e. The van der Waals surface area contributed by atoms with Gasteiger partial charge in [-0.2, -0.15) is 0 Å². The van der Waals surface area contributed by atoms with Gasteiger partial charge >= 0.3 is 0 Å². The van der Waals surface area contributed by atoms with Crippen LogP contribution in [0.25, 0.3) is 0 Å². The minimum Gasteiger partial charge on any atom is -0.337 e. The molecule has 0 saturated carbocycles. The normalized spacial score (nSPS) is 20.0. The predicted molar refractivity (Wildman–Crippen MR) is 148 cm³/mol. The van der Waals surface area contributed by atoms with Crippen LogP contribution in [-0.2, 0) is 29.1 Å². The molecule has 7 nitrogen and oxygen atoms in total. The number of pyridine rings is 2. The first kappa shape index (κ1) is 26.0. The Kier molecular flexibility index (Phi) is 8.44. The molecule has 7 heteroatoms. The summed E-state index contributed by atoms with van der Waals surface area (Å²) in [7, 11) is 0. The first-order valence-electron chi connectivity index (χ1n) is 13.8. The number of aryl methyl sites for hydroxylation is 1. The quantitative estimate of drug-likeness (QED) is 0.483. The zero-order chi connectivity index (χ0) is 26.3. The summed E-state index contributed by atoms with van der Waals surface area (Å²) in [6.07, 6.45) is 12.5. The number of benzene rings is 1. The van der Waals surface area contributed by atoms with E-state index in [-0.39, 0.29) is 17.9 Å². The molecule has 38 heavy (non-hydrogen) atoms. The van der Waals surface area contributed by atoms with E-state index in [1.54, 1.807) is 25.5 Å². The number of rotatable bonds is 6. The predicted octanol–water partition coefficient (Wildman–Crippen LogP) is 4.62. The van der Waals surface area contributed by atoms with E-state index in [4.69, 9.17) is 0 Å². The van der Waals surface area contributed by atoms with E-state index in [9.17, 15) is 9.59 Å². The van der Waals surface area contributed by atoms with Crippen molar-refractivity contribution in [1.82, 2.24) is 19.8 Å². The minimum atomic E-state index is 0.0419. The third-order valence-electron chi connectivity index (χ3n) is 7.96. The lowest BCUT2D eigenvalue weighted by Crippen LogP contribution is -2.45. The molecule has 1 saturated heterocycles. The molecule has 2 aromatic heterocycles. The van der Waals surface area contributed by atoms with Gasteiger partial charge in [0.1, 0.15) is 0 Å². The van der Waals surface area contributed by atoms with E-state index in [0.29, 0.717) is 32.1 Å². The Morgan fingerprint density at radius 2 is 1.71 bits per heavy atom. The fourth-order valence-corrected chi connectivity index (χ4v) is 5.98. The molecule has 2 atom stereocenters. The van der Waals surface area contributed by atoms with Gasteiger partial charge in [0.2, 0.25) is 11.8 Å². The summed E-state index contributed by atoms with van der Waals surface area (Å²) in [5, 5.41) is 0. The van der Waals surface area contributed by atoms with Crippen LogP contribution in [0.4, 0.5) is 5.69 Å². The fraction of sp³-hybridized carbons (Fsp3) is 0.419. The van der Waals surface area contributed by atoms with Crippen molar-refractivity contribution in [3.8, 4) is 0 Å². The Morgan fingerprint density at radius 3 is 2.50 bits per heavy atom. The summed E-state index contributed by atoms with van der Waals surface area (Å²) < 4.78 is 0. The van der Waals surface area contributed by atoms with Crippen LogP contribution in [0.5, 0.6) is 0 Å². The van der Waals surface area contributed by atoms with Gasteiger partial charge in [-0.1, -0.05) is 24.3 Å². The number of carbonyl (C=O) groups is 2. The van der Waals surface area contributed by atoms with Crippen LogP contribution in [0.1, 0.15) is 55.7 Å². The molecule has 5 rings (SSSR count). The molecule has 2 aliphatic rings. The van der Waals surface area contributed by atoms with Crippen LogP contribution >= 0.6 is 0 Å². The van der Waals surface area contributed by atoms with Crippen LogP contribution in [0, 0.1) is 0 Å². The number of anilines is 1. The number of amides is 2. The van der Waals surface area contributed by atoms with E-state index >= 15 is 0 Å². The van der Waals surface area contributed by atoms with E-state index in [1.807, 2.05) is 52.4 Å². The van der Waals surface area contributed by atoms with Crippen molar-refractivity contribution in [1.29, 1.82) is 0 Å². The molecule has 2 bridgehead atoms. The Bertz CT molecular complexity index is 1220. The topological polar surface area (TPSA) is 69.6 Å². The molecule has 0 spiro atoms. The van der Waals surface area contributed by atoms with Crippen LogP contribution in [-0.4, -0.2) is 56.8 Å². The molecule has 0 N–H and O–H groups in total. The third-order valence-corrected chi connectivity index (χ3v) is 7.96. The Hall–Kier alpha value is -3.58. The maximum atomic E-state index is 13.7. The minimum absolute atomic E-state index is 0.0419. The van der Waals surface area contributed by atoms with Crippen molar-refractivity contribution in [2.75, 3.05) is 18.0 Å². The average Bonchev–Trinajstić information content (AvgIpc) is 3.29. The zero-order valence-corrected chi connectivity index (χ0v) is 22.2. The standard InChI is InChI=1S/C31H37N5O2/c1-24(37)35-19-15-28-11-12-29(36(28)21-26-7-5-16-33-20-26)23-34(22-27-8-2-3-9-30(27)35)31(38)10-4-6-25-13-17-32-18-14-25/h2-3,5,7-9,13-14,16-18,20,28-29H,4,6,10-12,15,19,21-23H2,1H3. The second-order valence-electron chi connectivity index (χ2n) is 10.5. The number of hydrogen-bond acceptors (Lipinski definition) is 5. The monoisotopic (exact) mass is 511 g/mol. The summed E-state index contributed by atoms with van der Waals surface area (Å²) in [6.45, 7) is 4.33. The summed E-state index contributed by atoms with van der Waals surface area (Å²) in [6, 6.07) is 16.8. The number of aromatic nitrogens is 2. The first-order valence-corrected chi connectivity index (χ1v) is 13.8. The van der Waals surface area contributed by atoms with Gasteiger partial charge in [0, 0.05) is 82.1 Å². The van der Waals surface area contributed by atoms with E-state index in [2.05, 4.69) is 27.0 Å². The summed E-state index contributed by atoms with van der Waals surface area (Å²) in [4.78, 5) is 41.4. The molecule has 0 radical (unpaired) electrons. The largest absolute Gasteiger partial charge is 0.337 e. The van der Waals surface area contributed by atoms with Gasteiger partial charge in [-0.15, -0.1) is 0 Å². The molecule has 2 unspecified atom stereocenters. The van der Waals surface area contributed by atoms with Gasteiger partial charge in [-0.05, 0) is 73.1 Å². The van der Waals surface area contributed by atoms with E-state index in [1.165, 1.54) is 11.1 Å². The van der Waals surface area contributed by atoms with Gasteiger partial charge in [0.25, 0.3) is 0 Å². The Labute approximate surface area is 225 Å². The summed E-state index contributed by atoms with van der Waals surface area (Å²) in [5.74, 6) is 0.215. The van der Waals surface area contributed by atoms with E-state index in [0.717, 1.165) is 49.9 Å². The average molecular weight is 512 g/mol. The lowest BCUT2D eigenvalue weighted by molar-refractivity contribution is -0.132. The molecule has 2 aliphatic heterocycles. The Morgan fingerprint density at radius 1 is 0.895 bits per heavy atom. The van der Waals surface area contributed by atoms with Crippen LogP contribution in [0.15, 0.2) is 73.3 Å². The van der Waals surface area contributed by atoms with Gasteiger partial charge in [-0.25, -0.2) is 0 Å². The van der Waals surface area contributed by atoms with Gasteiger partial charge in [-0.3, -0.25) is 24.5 Å². The number of para-hydroxylation sites is 1. The maximum absolute atomic E-state index is 13.7. The highest BCUT2D eigenvalue weighted by molar-refractivity contribution is 5.92. The van der Waals surface area contributed by atoms with Crippen molar-refractivity contribution in [3.05, 3.63) is 90.0 Å². The lowest BCUT2D eigenvalue weighted by atomic mass is 10.1. The molecule has 1 fully saturated rings. The van der Waals surface area contributed by atoms with Crippen molar-refractivity contribution >= 4 is 17.5 Å². The van der Waals surface area contributed by atoms with E-state index < -0.39 is 0 Å². The fourth-order valence-electron chi connectivity index (χ4n) is 5.98. The molecular weight excluding hydrogens is 474 g/mol. The van der Waals surface area contributed by atoms with Crippen LogP contribution in [0.2, 0.25) is 0 Å². The number of fused-ring (bicyclic) bond motifs is 3. The van der Waals surface area contributed by atoms with Crippen molar-refractivity contribution in [2.45, 2.75) is 70.6 Å². The molecule has 0 aliphatic carbocycles. The zero-order valence-electron chi connectivity index (χ0n) is 22.2. The second kappa shape index (κ2) is 12.3. The summed E-state index contributed by atoms with van der Waals surface area (Å²) >= 11 is 0. The number of carbonyl (C=O) groups excluding carboxylic acids is 2. The third kappa shape index (κ3) is 6.27. The SMILES string of the molecule is CC(=O)N1CCC2CCC(CN(C(=O)CCCc3ccncc3)Cc3ccccc31)N2Cc1cccnc1. The van der Waals surface area contributed by atoms with Gasteiger partial charge in [0.15, 0.2) is 0 Å². The molecule has 2 amide bonds. The highest BCUT2D eigenvalue weighted by atomic mass is 16.2. The number of nitrogens with zero attached hydrogens (tertiary/aromatic N) is 5. The van der Waals surface area contributed by atoms with Gasteiger partial charge < -0.3 is 9.80 Å². The molecular formula is C31H37N5O2. The highest BCUT2D eigenvalue weighted by Crippen LogP contribution is 2.32. The lowest BCUT2D eigenvalue weighted by Gasteiger charge is -2.34. The first-order chi connectivity index (χ1) is 18.6. The Balaban J connectivity index is 1.41.